The molecule has 20 heavy (non-hydrogen) atoms. The summed E-state index contributed by atoms with van der Waals surface area (Å²) in [5, 5.41) is 11.2. The summed E-state index contributed by atoms with van der Waals surface area (Å²) in [6, 6.07) is 11.6. The predicted octanol–water partition coefficient (Wildman–Crippen LogP) is 2.88. The number of carbonyl (C=O) groups excluding carboxylic acids is 1. The van der Waals surface area contributed by atoms with E-state index in [4.69, 9.17) is 0 Å². The summed E-state index contributed by atoms with van der Waals surface area (Å²) in [6.45, 7) is 0.471. The van der Waals surface area contributed by atoms with Gasteiger partial charge in [-0.2, -0.15) is 0 Å². The van der Waals surface area contributed by atoms with Crippen molar-refractivity contribution in [1.29, 1.82) is 0 Å². The molecule has 1 aromatic carbocycles. The predicted molar refractivity (Wildman–Crippen MR) is 80.3 cm³/mol. The average molecular weight is 336 g/mol. The van der Waals surface area contributed by atoms with E-state index in [1.807, 2.05) is 36.4 Å². The number of carbonyl (C=O) groups is 1. The first-order chi connectivity index (χ1) is 9.69. The lowest BCUT2D eigenvalue weighted by molar-refractivity contribution is -0.140. The second-order valence-electron chi connectivity index (χ2n) is 4.06. The van der Waals surface area contributed by atoms with Crippen molar-refractivity contribution in [2.24, 2.45) is 0 Å². The number of hydrogen-bond donors (Lipinski definition) is 1. The van der Waals surface area contributed by atoms with Gasteiger partial charge in [0.25, 0.3) is 0 Å². The molecule has 0 bridgehead atoms. The molecule has 0 aliphatic heterocycles. The molecule has 0 amide bonds. The van der Waals surface area contributed by atoms with Crippen LogP contribution in [-0.4, -0.2) is 29.8 Å². The molecule has 0 atom stereocenters. The molecule has 0 fully saturated rings. The molecule has 104 valence electrons. The quantitative estimate of drug-likeness (QED) is 0.851. The fourth-order valence-corrected chi connectivity index (χ4v) is 1.86. The lowest BCUT2D eigenvalue weighted by atomic mass is 10.1. The van der Waals surface area contributed by atoms with E-state index in [1.54, 1.807) is 0 Å². The summed E-state index contributed by atoms with van der Waals surface area (Å²) < 4.78 is 5.58. The van der Waals surface area contributed by atoms with E-state index in [0.717, 1.165) is 15.7 Å². The zero-order valence-electron chi connectivity index (χ0n) is 11.0. The first kappa shape index (κ1) is 14.5. The molecule has 1 N–H and O–H groups in total. The third kappa shape index (κ3) is 4.03. The number of nitrogens with zero attached hydrogens (tertiary/aromatic N) is 2. The molecule has 0 saturated carbocycles. The smallest absolute Gasteiger partial charge is 0.307 e. The molecule has 0 saturated heterocycles. The number of aromatic nitrogens is 2. The minimum absolute atomic E-state index is 0.253. The number of benzene rings is 1. The number of rotatable bonds is 5. The molecule has 1 heterocycles. The Hall–Kier alpha value is -1.95. The number of halogens is 1. The number of anilines is 1. The zero-order chi connectivity index (χ0) is 14.4. The Bertz CT molecular complexity index is 570. The lowest BCUT2D eigenvalue weighted by Crippen LogP contribution is -2.10. The van der Waals surface area contributed by atoms with Crippen molar-refractivity contribution in [2.45, 2.75) is 6.42 Å². The van der Waals surface area contributed by atoms with Gasteiger partial charge in [-0.15, -0.1) is 10.2 Å². The van der Waals surface area contributed by atoms with Gasteiger partial charge in [0.05, 0.1) is 19.2 Å². The molecule has 0 aliphatic rings. The van der Waals surface area contributed by atoms with Crippen LogP contribution in [0.1, 0.15) is 6.42 Å². The Kier molecular flexibility index (Phi) is 5.06. The van der Waals surface area contributed by atoms with Crippen LogP contribution >= 0.6 is 15.9 Å². The van der Waals surface area contributed by atoms with Gasteiger partial charge in [-0.05, 0) is 24.3 Å². The van der Waals surface area contributed by atoms with Crippen LogP contribution < -0.4 is 5.32 Å². The Morgan fingerprint density at radius 1 is 1.20 bits per heavy atom. The van der Waals surface area contributed by atoms with Gasteiger partial charge >= 0.3 is 5.97 Å². The van der Waals surface area contributed by atoms with Gasteiger partial charge < -0.3 is 10.1 Å². The molecule has 2 rings (SSSR count). The summed E-state index contributed by atoms with van der Waals surface area (Å²) >= 11 is 3.39. The van der Waals surface area contributed by atoms with Crippen LogP contribution in [0.25, 0.3) is 11.3 Å². The van der Waals surface area contributed by atoms with Gasteiger partial charge in [0.1, 0.15) is 5.82 Å². The van der Waals surface area contributed by atoms with Crippen molar-refractivity contribution in [2.75, 3.05) is 19.0 Å². The van der Waals surface area contributed by atoms with Gasteiger partial charge in [0.2, 0.25) is 0 Å². The number of esters is 1. The van der Waals surface area contributed by atoms with E-state index in [1.165, 1.54) is 7.11 Å². The molecule has 0 radical (unpaired) electrons. The molecule has 0 unspecified atom stereocenters. The molecule has 1 aromatic heterocycles. The molecule has 0 aliphatic carbocycles. The number of nitrogens with one attached hydrogen (secondary N) is 1. The van der Waals surface area contributed by atoms with E-state index in [9.17, 15) is 4.79 Å². The van der Waals surface area contributed by atoms with Crippen molar-refractivity contribution in [3.05, 3.63) is 40.9 Å². The third-order valence-electron chi connectivity index (χ3n) is 2.67. The van der Waals surface area contributed by atoms with Crippen molar-refractivity contribution in [3.8, 4) is 11.3 Å². The van der Waals surface area contributed by atoms with Gasteiger partial charge in [-0.25, -0.2) is 0 Å². The number of hydrogen-bond acceptors (Lipinski definition) is 5. The largest absolute Gasteiger partial charge is 0.469 e. The first-order valence-electron chi connectivity index (χ1n) is 6.09. The normalized spacial score (nSPS) is 10.1. The highest BCUT2D eigenvalue weighted by molar-refractivity contribution is 9.10. The van der Waals surface area contributed by atoms with Crippen molar-refractivity contribution < 1.29 is 9.53 Å². The first-order valence-corrected chi connectivity index (χ1v) is 6.88. The van der Waals surface area contributed by atoms with Gasteiger partial charge in [-0.1, -0.05) is 28.1 Å². The summed E-state index contributed by atoms with van der Waals surface area (Å²) in [7, 11) is 1.37. The van der Waals surface area contributed by atoms with Crippen LogP contribution in [0.5, 0.6) is 0 Å². The van der Waals surface area contributed by atoms with Crippen molar-refractivity contribution in [1.82, 2.24) is 10.2 Å². The highest BCUT2D eigenvalue weighted by atomic mass is 79.9. The minimum atomic E-state index is -0.253. The second-order valence-corrected chi connectivity index (χ2v) is 4.98. The SMILES string of the molecule is COC(=O)CCNc1ccc(-c2ccc(Br)cc2)nn1. The van der Waals surface area contributed by atoms with Crippen LogP contribution in [0.15, 0.2) is 40.9 Å². The zero-order valence-corrected chi connectivity index (χ0v) is 12.6. The topological polar surface area (TPSA) is 64.1 Å². The van der Waals surface area contributed by atoms with Crippen LogP contribution in [0.4, 0.5) is 5.82 Å². The summed E-state index contributed by atoms with van der Waals surface area (Å²) in [5.41, 5.74) is 1.80. The highest BCUT2D eigenvalue weighted by Gasteiger charge is 2.02. The van der Waals surface area contributed by atoms with Crippen LogP contribution in [0, 0.1) is 0 Å². The fourth-order valence-electron chi connectivity index (χ4n) is 1.60. The standard InChI is InChI=1S/C14H14BrN3O2/c1-20-14(19)8-9-16-13-7-6-12(17-18-13)10-2-4-11(15)5-3-10/h2-7H,8-9H2,1H3,(H,16,18). The van der Waals surface area contributed by atoms with E-state index in [2.05, 4.69) is 36.2 Å². The molecular weight excluding hydrogens is 322 g/mol. The van der Waals surface area contributed by atoms with E-state index in [0.29, 0.717) is 18.8 Å². The highest BCUT2D eigenvalue weighted by Crippen LogP contribution is 2.19. The summed E-state index contributed by atoms with van der Waals surface area (Å²) in [6.07, 6.45) is 0.298. The molecule has 5 nitrogen and oxygen atoms in total. The van der Waals surface area contributed by atoms with Crippen LogP contribution in [-0.2, 0) is 9.53 Å². The molecular formula is C14H14BrN3O2. The maximum Gasteiger partial charge on any atom is 0.307 e. The molecule has 6 heteroatoms. The Labute approximate surface area is 125 Å². The van der Waals surface area contributed by atoms with Crippen LogP contribution in [0.2, 0.25) is 0 Å². The Morgan fingerprint density at radius 3 is 2.55 bits per heavy atom. The maximum absolute atomic E-state index is 11.0. The van der Waals surface area contributed by atoms with Crippen molar-refractivity contribution in [3.63, 3.8) is 0 Å². The maximum atomic E-state index is 11.0. The Morgan fingerprint density at radius 2 is 1.95 bits per heavy atom. The fraction of sp³-hybridized carbons (Fsp3) is 0.214. The van der Waals surface area contributed by atoms with Crippen molar-refractivity contribution >= 4 is 27.7 Å². The average Bonchev–Trinajstić information content (AvgIpc) is 2.48. The third-order valence-corrected chi connectivity index (χ3v) is 3.20. The summed E-state index contributed by atoms with van der Waals surface area (Å²) in [4.78, 5) is 11.0. The number of ether oxygens (including phenoxy) is 1. The molecule has 0 spiro atoms. The summed E-state index contributed by atoms with van der Waals surface area (Å²) in [5.74, 6) is 0.381. The van der Waals surface area contributed by atoms with E-state index >= 15 is 0 Å². The van der Waals surface area contributed by atoms with Crippen LogP contribution in [0.3, 0.4) is 0 Å². The lowest BCUT2D eigenvalue weighted by Gasteiger charge is -2.05. The van der Waals surface area contributed by atoms with Gasteiger partial charge in [0.15, 0.2) is 0 Å². The second kappa shape index (κ2) is 7.00. The van der Waals surface area contributed by atoms with Gasteiger partial charge in [0, 0.05) is 16.6 Å². The van der Waals surface area contributed by atoms with Gasteiger partial charge in [-0.3, -0.25) is 4.79 Å². The minimum Gasteiger partial charge on any atom is -0.469 e. The monoisotopic (exact) mass is 335 g/mol. The molecule has 2 aromatic rings. The Balaban J connectivity index is 1.96. The number of methoxy groups -OCH3 is 1. The van der Waals surface area contributed by atoms with E-state index in [-0.39, 0.29) is 5.97 Å². The van der Waals surface area contributed by atoms with E-state index < -0.39 is 0 Å².